The highest BCUT2D eigenvalue weighted by Gasteiger charge is 2.24. The predicted molar refractivity (Wildman–Crippen MR) is 32.3 cm³/mol. The van der Waals surface area contributed by atoms with Gasteiger partial charge in [-0.15, -0.1) is 0 Å². The minimum Gasteiger partial charge on any atom is -0.423 e. The van der Waals surface area contributed by atoms with E-state index in [0.717, 1.165) is 11.9 Å². The molecule has 3 heteroatoms. The van der Waals surface area contributed by atoms with Crippen LogP contribution in [0.1, 0.15) is 13.3 Å². The van der Waals surface area contributed by atoms with Crippen LogP contribution < -0.4 is 0 Å². The van der Waals surface area contributed by atoms with E-state index in [0.29, 0.717) is 6.61 Å². The molecule has 0 aliphatic carbocycles. The first kappa shape index (κ1) is 5.85. The normalized spacial score (nSPS) is 25.2. The molecule has 0 aromatic heterocycles. The smallest absolute Gasteiger partial charge is 0.423 e. The summed E-state index contributed by atoms with van der Waals surface area (Å²) in [5, 5.41) is 8.90. The average molecular weight is 112 g/mol. The van der Waals surface area contributed by atoms with Crippen molar-refractivity contribution in [3.8, 4) is 0 Å². The molecule has 8 heavy (non-hydrogen) atoms. The van der Waals surface area contributed by atoms with Crippen LogP contribution in [-0.2, 0) is 4.65 Å². The van der Waals surface area contributed by atoms with Gasteiger partial charge in [-0.1, -0.05) is 6.08 Å². The Morgan fingerprint density at radius 3 is 2.88 bits per heavy atom. The quantitative estimate of drug-likeness (QED) is 0.458. The van der Waals surface area contributed by atoms with Gasteiger partial charge in [0.05, 0.1) is 0 Å². The molecule has 0 aromatic rings. The third-order valence-corrected chi connectivity index (χ3v) is 1.35. The molecule has 2 nitrogen and oxygen atoms in total. The minimum absolute atomic E-state index is 0.611. The molecule has 0 aromatic carbocycles. The lowest BCUT2D eigenvalue weighted by molar-refractivity contribution is 0.302. The number of hydrogen-bond donors (Lipinski definition) is 1. The molecule has 1 saturated heterocycles. The molecule has 0 unspecified atom stereocenters. The van der Waals surface area contributed by atoms with Crippen LogP contribution in [0.3, 0.4) is 0 Å². The minimum atomic E-state index is -0.611. The summed E-state index contributed by atoms with van der Waals surface area (Å²) in [5.41, 5.74) is 1.00. The van der Waals surface area contributed by atoms with Crippen molar-refractivity contribution in [1.82, 2.24) is 0 Å². The fraction of sp³-hybridized carbons (Fsp3) is 0.600. The van der Waals surface area contributed by atoms with Crippen molar-refractivity contribution in [3.63, 3.8) is 0 Å². The summed E-state index contributed by atoms with van der Waals surface area (Å²) in [7, 11) is -0.611. The third kappa shape index (κ3) is 0.930. The van der Waals surface area contributed by atoms with Crippen molar-refractivity contribution in [3.05, 3.63) is 11.5 Å². The Hall–Kier alpha value is -0.275. The maximum Gasteiger partial charge on any atom is 0.486 e. The summed E-state index contributed by atoms with van der Waals surface area (Å²) in [4.78, 5) is 0. The summed E-state index contributed by atoms with van der Waals surface area (Å²) in [6.07, 6.45) is 2.79. The molecule has 1 aliphatic rings. The van der Waals surface area contributed by atoms with Crippen LogP contribution in [0.25, 0.3) is 0 Å². The van der Waals surface area contributed by atoms with Crippen molar-refractivity contribution < 1.29 is 9.68 Å². The molecule has 1 aliphatic heterocycles. The van der Waals surface area contributed by atoms with E-state index in [1.54, 1.807) is 0 Å². The SMILES string of the molecule is C/C=C1/CCOB1O. The first-order valence-electron chi connectivity index (χ1n) is 2.79. The molecule has 0 amide bonds. The molecular weight excluding hydrogens is 103 g/mol. The summed E-state index contributed by atoms with van der Waals surface area (Å²) in [5.74, 6) is 0. The summed E-state index contributed by atoms with van der Waals surface area (Å²) in [6.45, 7) is 2.58. The van der Waals surface area contributed by atoms with Gasteiger partial charge in [-0.25, -0.2) is 0 Å². The highest BCUT2D eigenvalue weighted by atomic mass is 16.5. The van der Waals surface area contributed by atoms with E-state index in [1.807, 2.05) is 13.0 Å². The van der Waals surface area contributed by atoms with Gasteiger partial charge in [0.1, 0.15) is 0 Å². The number of hydrogen-bond acceptors (Lipinski definition) is 2. The second-order valence-corrected chi connectivity index (χ2v) is 1.84. The molecule has 1 rings (SSSR count). The van der Waals surface area contributed by atoms with Crippen molar-refractivity contribution in [2.45, 2.75) is 13.3 Å². The Labute approximate surface area is 49.3 Å². The molecule has 44 valence electrons. The highest BCUT2D eigenvalue weighted by Crippen LogP contribution is 2.12. The molecule has 1 fully saturated rings. The van der Waals surface area contributed by atoms with Crippen LogP contribution in [0.4, 0.5) is 0 Å². The van der Waals surface area contributed by atoms with Crippen molar-refractivity contribution in [1.29, 1.82) is 0 Å². The number of allylic oxidation sites excluding steroid dienone is 1. The Bertz CT molecular complexity index is 111. The van der Waals surface area contributed by atoms with Crippen molar-refractivity contribution in [2.75, 3.05) is 6.61 Å². The summed E-state index contributed by atoms with van der Waals surface area (Å²) >= 11 is 0. The standard InChI is InChI=1S/C5H9BO2/c1-2-5-3-4-8-6(5)7/h2,7H,3-4H2,1H3/b5-2-. The maximum atomic E-state index is 8.90. The summed E-state index contributed by atoms with van der Waals surface area (Å²) in [6, 6.07) is 0. The predicted octanol–water partition coefficient (Wildman–Crippen LogP) is 0.373. The zero-order valence-electron chi connectivity index (χ0n) is 4.92. The van der Waals surface area contributed by atoms with E-state index in [9.17, 15) is 0 Å². The van der Waals surface area contributed by atoms with Crippen molar-refractivity contribution >= 4 is 7.12 Å². The lowest BCUT2D eigenvalue weighted by Gasteiger charge is -1.91. The van der Waals surface area contributed by atoms with Gasteiger partial charge in [0.2, 0.25) is 0 Å². The van der Waals surface area contributed by atoms with E-state index in [1.165, 1.54) is 0 Å². The molecule has 0 saturated carbocycles. The average Bonchev–Trinajstić information content (AvgIpc) is 2.14. The van der Waals surface area contributed by atoms with Crippen molar-refractivity contribution in [2.24, 2.45) is 0 Å². The Morgan fingerprint density at radius 2 is 2.62 bits per heavy atom. The zero-order chi connectivity index (χ0) is 5.98. The molecule has 0 spiro atoms. The zero-order valence-corrected chi connectivity index (χ0v) is 4.92. The van der Waals surface area contributed by atoms with Gasteiger partial charge in [0.15, 0.2) is 0 Å². The molecule has 0 atom stereocenters. The lowest BCUT2D eigenvalue weighted by Crippen LogP contribution is -2.11. The van der Waals surface area contributed by atoms with Crippen LogP contribution in [0, 0.1) is 0 Å². The second-order valence-electron chi connectivity index (χ2n) is 1.84. The molecule has 1 N–H and O–H groups in total. The van der Waals surface area contributed by atoms with Gasteiger partial charge in [-0.05, 0) is 18.8 Å². The van der Waals surface area contributed by atoms with Gasteiger partial charge < -0.3 is 9.68 Å². The van der Waals surface area contributed by atoms with Crippen LogP contribution in [0.15, 0.2) is 11.5 Å². The molecule has 0 radical (unpaired) electrons. The van der Waals surface area contributed by atoms with Gasteiger partial charge in [-0.3, -0.25) is 0 Å². The van der Waals surface area contributed by atoms with Crippen LogP contribution in [-0.4, -0.2) is 18.7 Å². The maximum absolute atomic E-state index is 8.90. The van der Waals surface area contributed by atoms with E-state index < -0.39 is 7.12 Å². The monoisotopic (exact) mass is 112 g/mol. The van der Waals surface area contributed by atoms with Gasteiger partial charge in [0.25, 0.3) is 0 Å². The lowest BCUT2D eigenvalue weighted by atomic mass is 9.80. The van der Waals surface area contributed by atoms with E-state index in [4.69, 9.17) is 9.68 Å². The Balaban J connectivity index is 2.55. The first-order chi connectivity index (χ1) is 3.84. The van der Waals surface area contributed by atoms with E-state index in [-0.39, 0.29) is 0 Å². The largest absolute Gasteiger partial charge is 0.486 e. The fourth-order valence-electron chi connectivity index (χ4n) is 0.806. The van der Waals surface area contributed by atoms with Crippen LogP contribution in [0.5, 0.6) is 0 Å². The Kier molecular flexibility index (Phi) is 1.71. The molecule has 1 heterocycles. The van der Waals surface area contributed by atoms with Gasteiger partial charge in [-0.2, -0.15) is 0 Å². The van der Waals surface area contributed by atoms with Gasteiger partial charge >= 0.3 is 7.12 Å². The first-order valence-corrected chi connectivity index (χ1v) is 2.79. The van der Waals surface area contributed by atoms with E-state index >= 15 is 0 Å². The second kappa shape index (κ2) is 2.33. The van der Waals surface area contributed by atoms with Crippen LogP contribution in [0.2, 0.25) is 0 Å². The molecule has 0 bridgehead atoms. The third-order valence-electron chi connectivity index (χ3n) is 1.35. The molecular formula is C5H9BO2. The van der Waals surface area contributed by atoms with E-state index in [2.05, 4.69) is 0 Å². The topological polar surface area (TPSA) is 29.5 Å². The highest BCUT2D eigenvalue weighted by molar-refractivity contribution is 6.53. The summed E-state index contributed by atoms with van der Waals surface area (Å²) < 4.78 is 4.84. The fourth-order valence-corrected chi connectivity index (χ4v) is 0.806. The number of rotatable bonds is 0. The van der Waals surface area contributed by atoms with Gasteiger partial charge in [0, 0.05) is 6.61 Å². The Morgan fingerprint density at radius 1 is 1.88 bits per heavy atom. The van der Waals surface area contributed by atoms with Crippen LogP contribution >= 0.6 is 0 Å².